The first-order valence-electron chi connectivity index (χ1n) is 7.19. The van der Waals surface area contributed by atoms with Crippen LogP contribution in [0.4, 0.5) is 0 Å². The summed E-state index contributed by atoms with van der Waals surface area (Å²) in [7, 11) is 3.61. The van der Waals surface area contributed by atoms with Gasteiger partial charge in [0, 0.05) is 0 Å². The number of aryl methyl sites for hydroxylation is 1. The van der Waals surface area contributed by atoms with E-state index in [-0.39, 0.29) is 12.1 Å². The van der Waals surface area contributed by atoms with Gasteiger partial charge in [-0.2, -0.15) is 0 Å². The molecule has 2 rings (SSSR count). The van der Waals surface area contributed by atoms with Gasteiger partial charge >= 0.3 is 0 Å². The Morgan fingerprint density at radius 3 is 2.14 bits per heavy atom. The molecule has 0 spiro atoms. The van der Waals surface area contributed by atoms with E-state index in [1.807, 2.05) is 31.3 Å². The zero-order valence-corrected chi connectivity index (χ0v) is 13.1. The van der Waals surface area contributed by atoms with E-state index in [2.05, 4.69) is 43.4 Å². The van der Waals surface area contributed by atoms with Gasteiger partial charge < -0.3 is 14.8 Å². The van der Waals surface area contributed by atoms with Crippen molar-refractivity contribution in [1.82, 2.24) is 5.32 Å². The predicted molar refractivity (Wildman–Crippen MR) is 86.1 cm³/mol. The highest BCUT2D eigenvalue weighted by molar-refractivity contribution is 5.39. The Labute approximate surface area is 126 Å². The number of benzene rings is 2. The van der Waals surface area contributed by atoms with Crippen LogP contribution in [-0.4, -0.2) is 20.3 Å². The third-order valence-electron chi connectivity index (χ3n) is 3.60. The van der Waals surface area contributed by atoms with Gasteiger partial charge in [-0.25, -0.2) is 0 Å². The van der Waals surface area contributed by atoms with E-state index >= 15 is 0 Å². The van der Waals surface area contributed by atoms with Gasteiger partial charge in [-0.3, -0.25) is 0 Å². The summed E-state index contributed by atoms with van der Waals surface area (Å²) >= 11 is 0. The number of methoxy groups -OCH3 is 1. The molecular formula is C18H23NO2. The van der Waals surface area contributed by atoms with Crippen LogP contribution in [0.2, 0.25) is 0 Å². The molecule has 0 aliphatic heterocycles. The van der Waals surface area contributed by atoms with E-state index in [1.54, 1.807) is 7.11 Å². The first-order valence-corrected chi connectivity index (χ1v) is 7.19. The molecule has 0 aromatic heterocycles. The van der Waals surface area contributed by atoms with Crippen molar-refractivity contribution in [3.05, 3.63) is 59.7 Å². The minimum atomic E-state index is -0.0194. The summed E-state index contributed by atoms with van der Waals surface area (Å²) in [5, 5.41) is 3.33. The first kappa shape index (κ1) is 15.4. The number of ether oxygens (including phenoxy) is 2. The minimum Gasteiger partial charge on any atom is -0.493 e. The molecule has 1 N–H and O–H groups in total. The van der Waals surface area contributed by atoms with E-state index in [0.29, 0.717) is 0 Å². The predicted octanol–water partition coefficient (Wildman–Crippen LogP) is 3.73. The van der Waals surface area contributed by atoms with Crippen LogP contribution in [0, 0.1) is 6.92 Å². The van der Waals surface area contributed by atoms with E-state index in [4.69, 9.17) is 9.47 Å². The van der Waals surface area contributed by atoms with Crippen molar-refractivity contribution in [3.8, 4) is 11.5 Å². The van der Waals surface area contributed by atoms with Gasteiger partial charge in [-0.1, -0.05) is 42.0 Å². The van der Waals surface area contributed by atoms with Gasteiger partial charge in [-0.05, 0) is 38.6 Å². The standard InChI is InChI=1S/C18H23NO2/c1-13-9-11-15(12-10-13)18(19-3)14(2)21-17-8-6-5-7-16(17)20-4/h5-12,14,18-19H,1-4H3. The lowest BCUT2D eigenvalue weighted by atomic mass is 10.0. The quantitative estimate of drug-likeness (QED) is 0.877. The molecule has 2 aromatic rings. The van der Waals surface area contributed by atoms with Crippen LogP contribution in [0.3, 0.4) is 0 Å². The summed E-state index contributed by atoms with van der Waals surface area (Å²) in [5.41, 5.74) is 2.47. The van der Waals surface area contributed by atoms with E-state index in [0.717, 1.165) is 11.5 Å². The average Bonchev–Trinajstić information content (AvgIpc) is 2.50. The molecule has 112 valence electrons. The highest BCUT2D eigenvalue weighted by Crippen LogP contribution is 2.29. The lowest BCUT2D eigenvalue weighted by Gasteiger charge is -2.25. The molecule has 0 heterocycles. The highest BCUT2D eigenvalue weighted by Gasteiger charge is 2.20. The monoisotopic (exact) mass is 285 g/mol. The summed E-state index contributed by atoms with van der Waals surface area (Å²) in [6.07, 6.45) is -0.0194. The Morgan fingerprint density at radius 2 is 1.57 bits per heavy atom. The number of rotatable bonds is 6. The van der Waals surface area contributed by atoms with E-state index in [9.17, 15) is 0 Å². The van der Waals surface area contributed by atoms with E-state index in [1.165, 1.54) is 11.1 Å². The SMILES string of the molecule is CNC(c1ccc(C)cc1)C(C)Oc1ccccc1OC. The van der Waals surface area contributed by atoms with Crippen molar-refractivity contribution < 1.29 is 9.47 Å². The molecule has 0 saturated heterocycles. The van der Waals surface area contributed by atoms with Gasteiger partial charge in [0.25, 0.3) is 0 Å². The van der Waals surface area contributed by atoms with Crippen LogP contribution in [0.25, 0.3) is 0 Å². The average molecular weight is 285 g/mol. The Hall–Kier alpha value is -2.00. The van der Waals surface area contributed by atoms with Crippen molar-refractivity contribution >= 4 is 0 Å². The maximum absolute atomic E-state index is 6.09. The molecule has 2 aromatic carbocycles. The summed E-state index contributed by atoms with van der Waals surface area (Å²) in [4.78, 5) is 0. The molecule has 2 unspecified atom stereocenters. The Morgan fingerprint density at radius 1 is 0.952 bits per heavy atom. The van der Waals surface area contributed by atoms with E-state index < -0.39 is 0 Å². The molecule has 0 aliphatic rings. The van der Waals surface area contributed by atoms with Crippen LogP contribution < -0.4 is 14.8 Å². The fraction of sp³-hybridized carbons (Fsp3) is 0.333. The number of likely N-dealkylation sites (N-methyl/N-ethyl adjacent to an activating group) is 1. The third kappa shape index (κ3) is 3.76. The van der Waals surface area contributed by atoms with Gasteiger partial charge in [-0.15, -0.1) is 0 Å². The van der Waals surface area contributed by atoms with Crippen LogP contribution in [-0.2, 0) is 0 Å². The molecule has 21 heavy (non-hydrogen) atoms. The molecule has 0 amide bonds. The Balaban J connectivity index is 2.16. The molecular weight excluding hydrogens is 262 g/mol. The molecule has 0 bridgehead atoms. The van der Waals surface area contributed by atoms with Gasteiger partial charge in [0.15, 0.2) is 11.5 Å². The fourth-order valence-corrected chi connectivity index (χ4v) is 2.43. The smallest absolute Gasteiger partial charge is 0.161 e. The lowest BCUT2D eigenvalue weighted by molar-refractivity contribution is 0.169. The summed E-state index contributed by atoms with van der Waals surface area (Å²) in [6, 6.07) is 16.4. The van der Waals surface area contributed by atoms with Crippen LogP contribution in [0.15, 0.2) is 48.5 Å². The number of hydrogen-bond donors (Lipinski definition) is 1. The summed E-state index contributed by atoms with van der Waals surface area (Å²) in [5.74, 6) is 1.52. The molecule has 0 fully saturated rings. The minimum absolute atomic E-state index is 0.0194. The zero-order valence-electron chi connectivity index (χ0n) is 13.1. The van der Waals surface area contributed by atoms with Crippen molar-refractivity contribution in [2.75, 3.05) is 14.2 Å². The lowest BCUT2D eigenvalue weighted by Crippen LogP contribution is -2.31. The highest BCUT2D eigenvalue weighted by atomic mass is 16.5. The molecule has 0 aliphatic carbocycles. The maximum atomic E-state index is 6.09. The maximum Gasteiger partial charge on any atom is 0.161 e. The number of hydrogen-bond acceptors (Lipinski definition) is 3. The van der Waals surface area contributed by atoms with Crippen LogP contribution in [0.5, 0.6) is 11.5 Å². The largest absolute Gasteiger partial charge is 0.493 e. The van der Waals surface area contributed by atoms with Crippen molar-refractivity contribution in [1.29, 1.82) is 0 Å². The summed E-state index contributed by atoms with van der Waals surface area (Å²) < 4.78 is 11.4. The fourth-order valence-electron chi connectivity index (χ4n) is 2.43. The van der Waals surface area contributed by atoms with Gasteiger partial charge in [0.2, 0.25) is 0 Å². The van der Waals surface area contributed by atoms with Gasteiger partial charge in [0.05, 0.1) is 13.2 Å². The second kappa shape index (κ2) is 7.14. The van der Waals surface area contributed by atoms with Crippen molar-refractivity contribution in [2.24, 2.45) is 0 Å². The van der Waals surface area contributed by atoms with Crippen LogP contribution >= 0.6 is 0 Å². The van der Waals surface area contributed by atoms with Crippen molar-refractivity contribution in [3.63, 3.8) is 0 Å². The normalized spacial score (nSPS) is 13.5. The zero-order chi connectivity index (χ0) is 15.2. The second-order valence-corrected chi connectivity index (χ2v) is 5.15. The first-order chi connectivity index (χ1) is 10.2. The molecule has 0 radical (unpaired) electrons. The third-order valence-corrected chi connectivity index (χ3v) is 3.60. The van der Waals surface area contributed by atoms with Crippen molar-refractivity contribution in [2.45, 2.75) is 26.0 Å². The molecule has 3 heteroatoms. The Bertz CT molecular complexity index is 566. The Kier molecular flexibility index (Phi) is 5.23. The van der Waals surface area contributed by atoms with Crippen LogP contribution in [0.1, 0.15) is 24.1 Å². The summed E-state index contributed by atoms with van der Waals surface area (Å²) in [6.45, 7) is 4.15. The molecule has 3 nitrogen and oxygen atoms in total. The number of para-hydroxylation sites is 2. The second-order valence-electron chi connectivity index (χ2n) is 5.15. The topological polar surface area (TPSA) is 30.5 Å². The van der Waals surface area contributed by atoms with Gasteiger partial charge in [0.1, 0.15) is 6.10 Å². The molecule has 2 atom stereocenters. The molecule has 0 saturated carbocycles. The number of nitrogens with one attached hydrogen (secondary N) is 1.